The van der Waals surface area contributed by atoms with E-state index in [9.17, 15) is 9.59 Å². The van der Waals surface area contributed by atoms with Gasteiger partial charge < -0.3 is 14.8 Å². The van der Waals surface area contributed by atoms with E-state index < -0.39 is 6.09 Å². The van der Waals surface area contributed by atoms with E-state index in [-0.39, 0.29) is 27.4 Å². The van der Waals surface area contributed by atoms with Gasteiger partial charge in [0, 0.05) is 25.4 Å². The predicted molar refractivity (Wildman–Crippen MR) is 110 cm³/mol. The fraction of sp³-hybridized carbons (Fsp3) is 0.333. The van der Waals surface area contributed by atoms with Gasteiger partial charge in [0.2, 0.25) is 5.91 Å². The van der Waals surface area contributed by atoms with Crippen LogP contribution in [0.25, 0.3) is 0 Å². The van der Waals surface area contributed by atoms with Crippen LogP contribution in [0.5, 0.6) is 0 Å². The summed E-state index contributed by atoms with van der Waals surface area (Å²) in [5.41, 5.74) is 3.70. The van der Waals surface area contributed by atoms with Crippen LogP contribution in [0.1, 0.15) is 32.9 Å². The molecule has 0 atom stereocenters. The van der Waals surface area contributed by atoms with E-state index >= 15 is 0 Å². The number of carbonyl (C=O) groups is 2. The van der Waals surface area contributed by atoms with Gasteiger partial charge in [-0.1, -0.05) is 39.1 Å². The maximum absolute atomic E-state index is 11.6. The van der Waals surface area contributed by atoms with Gasteiger partial charge in [-0.2, -0.15) is 0 Å². The molecule has 27 heavy (non-hydrogen) atoms. The molecule has 0 heterocycles. The van der Waals surface area contributed by atoms with Crippen LogP contribution >= 0.6 is 0 Å². The Kier molecular flexibility index (Phi) is 11.2. The summed E-state index contributed by atoms with van der Waals surface area (Å²) in [7, 11) is 1.55. The SMILES string of the molecule is C.C.COCCOC(=O)Nc1ccc(Cc2ccc(NC(C)=O)cc2)cc1. The van der Waals surface area contributed by atoms with Crippen molar-refractivity contribution in [2.45, 2.75) is 28.2 Å². The van der Waals surface area contributed by atoms with E-state index in [1.165, 1.54) is 6.92 Å². The summed E-state index contributed by atoms with van der Waals surface area (Å²) in [4.78, 5) is 22.6. The van der Waals surface area contributed by atoms with Crippen LogP contribution in [-0.4, -0.2) is 32.3 Å². The third kappa shape index (κ3) is 8.87. The third-order valence-corrected chi connectivity index (χ3v) is 3.40. The normalized spacial score (nSPS) is 9.41. The quantitative estimate of drug-likeness (QED) is 0.689. The molecule has 2 aromatic carbocycles. The molecule has 0 saturated carbocycles. The van der Waals surface area contributed by atoms with Gasteiger partial charge in [0.05, 0.1) is 6.61 Å². The standard InChI is InChI=1S/C19H22N2O4.2CH4/c1-14(22)20-17-7-3-15(4-8-17)13-16-5-9-18(10-6-16)21-19(23)25-12-11-24-2;;/h3-10H,11-13H2,1-2H3,(H,20,22)(H,21,23);2*1H4. The number of hydrogen-bond acceptors (Lipinski definition) is 4. The molecule has 2 rings (SSSR count). The first-order valence-corrected chi connectivity index (χ1v) is 7.95. The van der Waals surface area contributed by atoms with Gasteiger partial charge in [0.25, 0.3) is 0 Å². The van der Waals surface area contributed by atoms with Gasteiger partial charge in [-0.25, -0.2) is 4.79 Å². The molecule has 6 heteroatoms. The van der Waals surface area contributed by atoms with Crippen LogP contribution in [-0.2, 0) is 20.7 Å². The number of amides is 2. The van der Waals surface area contributed by atoms with Gasteiger partial charge in [-0.3, -0.25) is 10.1 Å². The molecule has 0 radical (unpaired) electrons. The molecule has 0 aliphatic heterocycles. The molecule has 0 spiro atoms. The number of hydrogen-bond donors (Lipinski definition) is 2. The fourth-order valence-electron chi connectivity index (χ4n) is 2.22. The van der Waals surface area contributed by atoms with Crippen molar-refractivity contribution in [3.63, 3.8) is 0 Å². The highest BCUT2D eigenvalue weighted by Crippen LogP contribution is 2.16. The van der Waals surface area contributed by atoms with E-state index in [4.69, 9.17) is 9.47 Å². The molecule has 2 aromatic rings. The lowest BCUT2D eigenvalue weighted by molar-refractivity contribution is -0.114. The van der Waals surface area contributed by atoms with Gasteiger partial charge >= 0.3 is 6.09 Å². The Balaban J connectivity index is 0.00000338. The van der Waals surface area contributed by atoms with Crippen LogP contribution in [0.15, 0.2) is 48.5 Å². The average Bonchev–Trinajstić information content (AvgIpc) is 2.58. The minimum atomic E-state index is -0.502. The maximum Gasteiger partial charge on any atom is 0.411 e. The summed E-state index contributed by atoms with van der Waals surface area (Å²) >= 11 is 0. The van der Waals surface area contributed by atoms with Gasteiger partial charge in [0.1, 0.15) is 6.61 Å². The molecule has 0 fully saturated rings. The number of methoxy groups -OCH3 is 1. The second-order valence-electron chi connectivity index (χ2n) is 5.51. The van der Waals surface area contributed by atoms with Crippen molar-refractivity contribution in [3.8, 4) is 0 Å². The maximum atomic E-state index is 11.6. The molecule has 0 aliphatic rings. The average molecular weight is 374 g/mol. The van der Waals surface area contributed by atoms with Crippen molar-refractivity contribution in [1.82, 2.24) is 0 Å². The number of carbonyl (C=O) groups excluding carboxylic acids is 2. The third-order valence-electron chi connectivity index (χ3n) is 3.40. The molecule has 0 bridgehead atoms. The number of nitrogens with one attached hydrogen (secondary N) is 2. The van der Waals surface area contributed by atoms with Crippen LogP contribution in [0.4, 0.5) is 16.2 Å². The zero-order valence-electron chi connectivity index (χ0n) is 14.4. The molecule has 0 saturated heterocycles. The Hall–Kier alpha value is -2.86. The number of benzene rings is 2. The Labute approximate surface area is 161 Å². The van der Waals surface area contributed by atoms with Crippen LogP contribution in [0.3, 0.4) is 0 Å². The molecule has 0 unspecified atom stereocenters. The highest BCUT2D eigenvalue weighted by molar-refractivity contribution is 5.88. The topological polar surface area (TPSA) is 76.7 Å². The Bertz CT molecular complexity index is 697. The summed E-state index contributed by atoms with van der Waals surface area (Å²) in [6.07, 6.45) is 0.261. The summed E-state index contributed by atoms with van der Waals surface area (Å²) in [5.74, 6) is -0.0865. The zero-order chi connectivity index (χ0) is 18.1. The second-order valence-corrected chi connectivity index (χ2v) is 5.51. The number of ether oxygens (including phenoxy) is 2. The summed E-state index contributed by atoms with van der Waals surface area (Å²) < 4.78 is 9.76. The van der Waals surface area contributed by atoms with E-state index in [0.29, 0.717) is 12.3 Å². The molecule has 6 nitrogen and oxygen atoms in total. The molecule has 0 aliphatic carbocycles. The van der Waals surface area contributed by atoms with E-state index in [1.54, 1.807) is 7.11 Å². The molecular formula is C21H30N2O4. The minimum Gasteiger partial charge on any atom is -0.447 e. The summed E-state index contributed by atoms with van der Waals surface area (Å²) in [6, 6.07) is 15.3. The zero-order valence-corrected chi connectivity index (χ0v) is 14.4. The fourth-order valence-corrected chi connectivity index (χ4v) is 2.22. The lowest BCUT2D eigenvalue weighted by Gasteiger charge is -2.08. The molecule has 0 aromatic heterocycles. The first kappa shape index (κ1) is 24.1. The predicted octanol–water partition coefficient (Wildman–Crippen LogP) is 4.70. The highest BCUT2D eigenvalue weighted by atomic mass is 16.6. The lowest BCUT2D eigenvalue weighted by atomic mass is 10.0. The smallest absolute Gasteiger partial charge is 0.411 e. The van der Waals surface area contributed by atoms with E-state index in [0.717, 1.165) is 23.2 Å². The van der Waals surface area contributed by atoms with Gasteiger partial charge in [-0.05, 0) is 41.8 Å². The van der Waals surface area contributed by atoms with E-state index in [1.807, 2.05) is 48.5 Å². The van der Waals surface area contributed by atoms with Crippen molar-refractivity contribution in [1.29, 1.82) is 0 Å². The number of rotatable bonds is 7. The van der Waals surface area contributed by atoms with Crippen molar-refractivity contribution in [2.24, 2.45) is 0 Å². The summed E-state index contributed by atoms with van der Waals surface area (Å²) in [5, 5.41) is 5.40. The van der Waals surface area contributed by atoms with Crippen molar-refractivity contribution in [3.05, 3.63) is 59.7 Å². The van der Waals surface area contributed by atoms with Crippen molar-refractivity contribution in [2.75, 3.05) is 31.0 Å². The molecule has 148 valence electrons. The first-order chi connectivity index (χ1) is 12.1. The lowest BCUT2D eigenvalue weighted by Crippen LogP contribution is -2.16. The minimum absolute atomic E-state index is 0. The molecule has 2 N–H and O–H groups in total. The van der Waals surface area contributed by atoms with Gasteiger partial charge in [-0.15, -0.1) is 0 Å². The van der Waals surface area contributed by atoms with Crippen LogP contribution in [0, 0.1) is 0 Å². The summed E-state index contributed by atoms with van der Waals surface area (Å²) in [6.45, 7) is 2.07. The van der Waals surface area contributed by atoms with Gasteiger partial charge in [0.15, 0.2) is 0 Å². The monoisotopic (exact) mass is 374 g/mol. The van der Waals surface area contributed by atoms with Crippen molar-refractivity contribution >= 4 is 23.4 Å². The highest BCUT2D eigenvalue weighted by Gasteiger charge is 2.03. The Morgan fingerprint density at radius 1 is 0.815 bits per heavy atom. The molecule has 2 amide bonds. The van der Waals surface area contributed by atoms with Crippen LogP contribution < -0.4 is 10.6 Å². The van der Waals surface area contributed by atoms with Crippen molar-refractivity contribution < 1.29 is 19.1 Å². The Morgan fingerprint density at radius 3 is 1.74 bits per heavy atom. The first-order valence-electron chi connectivity index (χ1n) is 7.95. The van der Waals surface area contributed by atoms with E-state index in [2.05, 4.69) is 10.6 Å². The Morgan fingerprint density at radius 2 is 1.30 bits per heavy atom. The van der Waals surface area contributed by atoms with Crippen LogP contribution in [0.2, 0.25) is 0 Å². The number of anilines is 2. The largest absolute Gasteiger partial charge is 0.447 e. The second kappa shape index (κ2) is 12.5. The molecular weight excluding hydrogens is 344 g/mol.